The van der Waals surface area contributed by atoms with Crippen molar-refractivity contribution in [2.24, 2.45) is 0 Å². The van der Waals surface area contributed by atoms with Crippen LogP contribution in [-0.2, 0) is 4.74 Å². The van der Waals surface area contributed by atoms with Crippen molar-refractivity contribution in [3.05, 3.63) is 34.3 Å². The highest BCUT2D eigenvalue weighted by molar-refractivity contribution is 9.10. The summed E-state index contributed by atoms with van der Waals surface area (Å²) in [6.45, 7) is 5.30. The van der Waals surface area contributed by atoms with Gasteiger partial charge in [-0.1, -0.05) is 22.0 Å². The number of carbonyl (C=O) groups excluding carboxylic acids is 1. The van der Waals surface area contributed by atoms with E-state index in [1.807, 2.05) is 19.1 Å². The van der Waals surface area contributed by atoms with Crippen LogP contribution in [0.25, 0.3) is 0 Å². The van der Waals surface area contributed by atoms with Crippen molar-refractivity contribution in [3.8, 4) is 0 Å². The predicted octanol–water partition coefficient (Wildman–Crippen LogP) is 1.67. The molecule has 1 atom stereocenters. The summed E-state index contributed by atoms with van der Waals surface area (Å²) in [7, 11) is 0. The number of halogens is 1. The Kier molecular flexibility index (Phi) is 4.78. The Bertz CT molecular complexity index is 416. The maximum atomic E-state index is 11.9. The van der Waals surface area contributed by atoms with E-state index in [2.05, 4.69) is 15.9 Å². The zero-order valence-corrected chi connectivity index (χ0v) is 12.2. The first-order valence-corrected chi connectivity index (χ1v) is 7.24. The summed E-state index contributed by atoms with van der Waals surface area (Å²) in [4.78, 5) is 13.5. The molecule has 98 valence electrons. The molecule has 3 nitrogen and oxygen atoms in total. The van der Waals surface area contributed by atoms with Gasteiger partial charge in [0.1, 0.15) is 12.6 Å². The Morgan fingerprint density at radius 2 is 2.17 bits per heavy atom. The van der Waals surface area contributed by atoms with Crippen LogP contribution in [0.3, 0.4) is 0 Å². The Labute approximate surface area is 116 Å². The maximum absolute atomic E-state index is 11.9. The molecule has 0 saturated carbocycles. The van der Waals surface area contributed by atoms with Crippen molar-refractivity contribution >= 4 is 21.9 Å². The molecular formula is C14H19BrNO2+. The van der Waals surface area contributed by atoms with Crippen LogP contribution in [0.4, 0.5) is 0 Å². The van der Waals surface area contributed by atoms with Gasteiger partial charge >= 0.3 is 5.97 Å². The van der Waals surface area contributed by atoms with E-state index in [-0.39, 0.29) is 12.1 Å². The lowest BCUT2D eigenvalue weighted by Crippen LogP contribution is -3.11. The van der Waals surface area contributed by atoms with Gasteiger partial charge in [0.15, 0.2) is 0 Å². The van der Waals surface area contributed by atoms with Crippen LogP contribution in [0.15, 0.2) is 28.7 Å². The smallest absolute Gasteiger partial charge is 0.338 e. The minimum atomic E-state index is -0.234. The number of quaternary nitrogens is 1. The fraction of sp³-hybridized carbons (Fsp3) is 0.500. The van der Waals surface area contributed by atoms with Crippen LogP contribution >= 0.6 is 15.9 Å². The van der Waals surface area contributed by atoms with E-state index in [1.54, 1.807) is 17.0 Å². The maximum Gasteiger partial charge on any atom is 0.338 e. The largest absolute Gasteiger partial charge is 0.453 e. The molecule has 1 aromatic rings. The number of likely N-dealkylation sites (tertiary alicyclic amines) is 1. The summed E-state index contributed by atoms with van der Waals surface area (Å²) in [5.41, 5.74) is 0.604. The Balaban J connectivity index is 1.86. The molecule has 1 aliphatic rings. The molecule has 1 heterocycles. The van der Waals surface area contributed by atoms with Crippen LogP contribution < -0.4 is 4.90 Å². The van der Waals surface area contributed by atoms with Crippen LogP contribution in [-0.4, -0.2) is 31.7 Å². The van der Waals surface area contributed by atoms with Gasteiger partial charge in [0.25, 0.3) is 0 Å². The fourth-order valence-corrected chi connectivity index (χ4v) is 2.79. The first kappa shape index (κ1) is 13.6. The zero-order chi connectivity index (χ0) is 13.0. The van der Waals surface area contributed by atoms with E-state index in [9.17, 15) is 4.79 Å². The number of esters is 1. The molecule has 1 unspecified atom stereocenters. The first-order chi connectivity index (χ1) is 8.65. The molecule has 0 spiro atoms. The Morgan fingerprint density at radius 1 is 1.44 bits per heavy atom. The normalized spacial score (nSPS) is 17.7. The SMILES string of the molecule is CC(C[NH+]1CCCC1)OC(=O)c1cccc(Br)c1. The van der Waals surface area contributed by atoms with Crippen molar-refractivity contribution < 1.29 is 14.4 Å². The second kappa shape index (κ2) is 6.34. The minimum absolute atomic E-state index is 0.0235. The molecule has 0 aromatic heterocycles. The number of nitrogens with one attached hydrogen (secondary N) is 1. The monoisotopic (exact) mass is 312 g/mol. The predicted molar refractivity (Wildman–Crippen MR) is 73.8 cm³/mol. The molecule has 0 radical (unpaired) electrons. The van der Waals surface area contributed by atoms with Crippen LogP contribution in [0.2, 0.25) is 0 Å². The highest BCUT2D eigenvalue weighted by atomic mass is 79.9. The topological polar surface area (TPSA) is 30.7 Å². The standard InChI is InChI=1S/C14H18BrNO2/c1-11(10-16-7-2-3-8-16)18-14(17)12-5-4-6-13(15)9-12/h4-6,9,11H,2-3,7-8,10H2,1H3/p+1. The van der Waals surface area contributed by atoms with E-state index in [0.29, 0.717) is 5.56 Å². The van der Waals surface area contributed by atoms with Crippen molar-refractivity contribution in [3.63, 3.8) is 0 Å². The third-order valence-electron chi connectivity index (χ3n) is 3.26. The second-order valence-electron chi connectivity index (χ2n) is 4.89. The van der Waals surface area contributed by atoms with Crippen LogP contribution in [0.1, 0.15) is 30.1 Å². The molecule has 0 amide bonds. The average Bonchev–Trinajstić information content (AvgIpc) is 2.81. The summed E-state index contributed by atoms with van der Waals surface area (Å²) in [5, 5.41) is 0. The molecule has 2 rings (SSSR count). The van der Waals surface area contributed by atoms with E-state index in [0.717, 1.165) is 11.0 Å². The molecule has 4 heteroatoms. The average molecular weight is 313 g/mol. The summed E-state index contributed by atoms with van der Waals surface area (Å²) >= 11 is 3.36. The summed E-state index contributed by atoms with van der Waals surface area (Å²) in [5.74, 6) is -0.234. The molecule has 1 saturated heterocycles. The van der Waals surface area contributed by atoms with Crippen LogP contribution in [0, 0.1) is 0 Å². The van der Waals surface area contributed by atoms with Crippen molar-refractivity contribution in [1.82, 2.24) is 0 Å². The molecule has 1 aromatic carbocycles. The van der Waals surface area contributed by atoms with Gasteiger partial charge in [-0.15, -0.1) is 0 Å². The zero-order valence-electron chi connectivity index (χ0n) is 10.6. The first-order valence-electron chi connectivity index (χ1n) is 6.45. The summed E-state index contributed by atoms with van der Waals surface area (Å²) in [6, 6.07) is 7.31. The molecular weight excluding hydrogens is 294 g/mol. The number of ether oxygens (including phenoxy) is 1. The second-order valence-corrected chi connectivity index (χ2v) is 5.80. The molecule has 0 bridgehead atoms. The number of rotatable bonds is 4. The molecule has 0 aliphatic carbocycles. The number of benzene rings is 1. The third-order valence-corrected chi connectivity index (χ3v) is 3.75. The number of hydrogen-bond acceptors (Lipinski definition) is 2. The van der Waals surface area contributed by atoms with Gasteiger partial charge < -0.3 is 9.64 Å². The van der Waals surface area contributed by atoms with E-state index in [1.165, 1.54) is 25.9 Å². The van der Waals surface area contributed by atoms with Gasteiger partial charge in [0.2, 0.25) is 0 Å². The highest BCUT2D eigenvalue weighted by Crippen LogP contribution is 2.13. The summed E-state index contributed by atoms with van der Waals surface area (Å²) < 4.78 is 6.37. The van der Waals surface area contributed by atoms with Gasteiger partial charge in [-0.2, -0.15) is 0 Å². The van der Waals surface area contributed by atoms with Gasteiger partial charge in [0, 0.05) is 17.3 Å². The third kappa shape index (κ3) is 3.82. The van der Waals surface area contributed by atoms with Crippen molar-refractivity contribution in [2.75, 3.05) is 19.6 Å². The number of hydrogen-bond donors (Lipinski definition) is 1. The van der Waals surface area contributed by atoms with Crippen molar-refractivity contribution in [1.29, 1.82) is 0 Å². The molecule has 18 heavy (non-hydrogen) atoms. The van der Waals surface area contributed by atoms with Gasteiger partial charge in [-0.3, -0.25) is 0 Å². The quantitative estimate of drug-likeness (QED) is 0.857. The van der Waals surface area contributed by atoms with E-state index in [4.69, 9.17) is 4.74 Å². The van der Waals surface area contributed by atoms with E-state index < -0.39 is 0 Å². The fourth-order valence-electron chi connectivity index (χ4n) is 2.39. The van der Waals surface area contributed by atoms with Gasteiger partial charge in [0.05, 0.1) is 18.7 Å². The lowest BCUT2D eigenvalue weighted by Gasteiger charge is -2.18. The Morgan fingerprint density at radius 3 is 2.83 bits per heavy atom. The lowest BCUT2D eigenvalue weighted by molar-refractivity contribution is -0.890. The van der Waals surface area contributed by atoms with E-state index >= 15 is 0 Å². The Hall–Kier alpha value is -0.870. The molecule has 1 N–H and O–H groups in total. The lowest BCUT2D eigenvalue weighted by atomic mass is 10.2. The van der Waals surface area contributed by atoms with Crippen molar-refractivity contribution in [2.45, 2.75) is 25.9 Å². The molecule has 1 fully saturated rings. The highest BCUT2D eigenvalue weighted by Gasteiger charge is 2.21. The minimum Gasteiger partial charge on any atom is -0.453 e. The van der Waals surface area contributed by atoms with Crippen LogP contribution in [0.5, 0.6) is 0 Å². The number of carbonyl (C=O) groups is 1. The molecule has 1 aliphatic heterocycles. The van der Waals surface area contributed by atoms with Gasteiger partial charge in [-0.25, -0.2) is 4.79 Å². The van der Waals surface area contributed by atoms with Gasteiger partial charge in [-0.05, 0) is 25.1 Å². The summed E-state index contributed by atoms with van der Waals surface area (Å²) in [6.07, 6.45) is 2.56.